The van der Waals surface area contributed by atoms with Crippen LogP contribution in [0.2, 0.25) is 0 Å². The quantitative estimate of drug-likeness (QED) is 0.347. The number of oxime groups is 1. The van der Waals surface area contributed by atoms with Gasteiger partial charge in [-0.05, 0) is 19.3 Å². The molecule has 0 saturated carbocycles. The van der Waals surface area contributed by atoms with Crippen LogP contribution in [0.15, 0.2) is 5.16 Å². The van der Waals surface area contributed by atoms with E-state index in [1.165, 1.54) is 6.21 Å². The molecule has 0 aromatic carbocycles. The molecule has 1 aliphatic rings. The number of carbonyl (C=O) groups excluding carboxylic acids is 1. The van der Waals surface area contributed by atoms with Crippen molar-refractivity contribution in [1.82, 2.24) is 4.90 Å². The predicted octanol–water partition coefficient (Wildman–Crippen LogP) is 2.10. The van der Waals surface area contributed by atoms with E-state index < -0.39 is 0 Å². The molecule has 0 aliphatic carbocycles. The molecule has 1 atom stereocenters. The van der Waals surface area contributed by atoms with Gasteiger partial charge in [0, 0.05) is 25.2 Å². The second kappa shape index (κ2) is 7.09. The van der Waals surface area contributed by atoms with Gasteiger partial charge in [-0.2, -0.15) is 0 Å². The summed E-state index contributed by atoms with van der Waals surface area (Å²) < 4.78 is 5.13. The molecule has 0 spiro atoms. The molecule has 0 radical (unpaired) electrons. The van der Waals surface area contributed by atoms with Crippen LogP contribution in [0, 0.1) is 5.92 Å². The Morgan fingerprint density at radius 2 is 2.50 bits per heavy atom. The first-order valence-corrected chi connectivity index (χ1v) is 5.87. The van der Waals surface area contributed by atoms with E-state index in [1.807, 2.05) is 0 Å². The van der Waals surface area contributed by atoms with Crippen molar-refractivity contribution in [3.8, 4) is 0 Å². The third-order valence-electron chi connectivity index (χ3n) is 2.72. The average molecular weight is 228 g/mol. The summed E-state index contributed by atoms with van der Waals surface area (Å²) >= 11 is 0. The van der Waals surface area contributed by atoms with Gasteiger partial charge in [0.1, 0.15) is 0 Å². The number of piperidine rings is 1. The maximum absolute atomic E-state index is 11.6. The lowest BCUT2D eigenvalue weighted by molar-refractivity contribution is 0.0896. The fourth-order valence-electron chi connectivity index (χ4n) is 1.79. The number of ether oxygens (including phenoxy) is 1. The van der Waals surface area contributed by atoms with Crippen LogP contribution in [0.25, 0.3) is 0 Å². The summed E-state index contributed by atoms with van der Waals surface area (Å²) in [7, 11) is 0. The van der Waals surface area contributed by atoms with Crippen molar-refractivity contribution >= 4 is 12.3 Å². The summed E-state index contributed by atoms with van der Waals surface area (Å²) in [5, 5.41) is 11.5. The summed E-state index contributed by atoms with van der Waals surface area (Å²) in [5.41, 5.74) is 0. The third kappa shape index (κ3) is 4.08. The topological polar surface area (TPSA) is 62.1 Å². The fourth-order valence-corrected chi connectivity index (χ4v) is 1.79. The summed E-state index contributed by atoms with van der Waals surface area (Å²) in [6.45, 7) is 3.88. The number of unbranched alkanes of at least 4 members (excludes halogenated alkanes) is 1. The van der Waals surface area contributed by atoms with Gasteiger partial charge in [-0.25, -0.2) is 4.79 Å². The highest BCUT2D eigenvalue weighted by molar-refractivity contribution is 5.69. The molecule has 16 heavy (non-hydrogen) atoms. The van der Waals surface area contributed by atoms with Gasteiger partial charge in [0.15, 0.2) is 0 Å². The molecule has 1 saturated heterocycles. The number of carbonyl (C=O) groups is 1. The number of hydrogen-bond acceptors (Lipinski definition) is 4. The standard InChI is InChI=1S/C11H20N2O3/c1-2-3-7-16-11(14)13-6-4-5-10(9-13)8-12-15/h8,10,15H,2-7,9H2,1H3. The zero-order chi connectivity index (χ0) is 11.8. The van der Waals surface area contributed by atoms with E-state index in [1.54, 1.807) is 4.90 Å². The molecule has 0 bridgehead atoms. The molecule has 0 aromatic rings. The first-order valence-electron chi connectivity index (χ1n) is 5.87. The average Bonchev–Trinajstić information content (AvgIpc) is 2.30. The fraction of sp³-hybridized carbons (Fsp3) is 0.818. The lowest BCUT2D eigenvalue weighted by Gasteiger charge is -2.29. The van der Waals surface area contributed by atoms with Crippen molar-refractivity contribution in [2.75, 3.05) is 19.7 Å². The van der Waals surface area contributed by atoms with Gasteiger partial charge in [-0.1, -0.05) is 13.3 Å². The zero-order valence-electron chi connectivity index (χ0n) is 9.76. The molecule has 1 unspecified atom stereocenters. The molecule has 1 aliphatic heterocycles. The number of likely N-dealkylation sites (tertiary alicyclic amines) is 1. The van der Waals surface area contributed by atoms with E-state index in [4.69, 9.17) is 9.94 Å². The van der Waals surface area contributed by atoms with Crippen molar-refractivity contribution in [1.29, 1.82) is 0 Å². The smallest absolute Gasteiger partial charge is 0.409 e. The molecule has 5 heteroatoms. The minimum absolute atomic E-state index is 0.150. The normalized spacial score (nSPS) is 21.3. The summed E-state index contributed by atoms with van der Waals surface area (Å²) in [6.07, 6.45) is 5.06. The number of amides is 1. The molecule has 1 amide bonds. The van der Waals surface area contributed by atoms with Crippen molar-refractivity contribution in [3.63, 3.8) is 0 Å². The van der Waals surface area contributed by atoms with Gasteiger partial charge in [-0.15, -0.1) is 5.16 Å². The second-order valence-corrected chi connectivity index (χ2v) is 4.08. The van der Waals surface area contributed by atoms with Crippen LogP contribution >= 0.6 is 0 Å². The molecule has 92 valence electrons. The van der Waals surface area contributed by atoms with Gasteiger partial charge in [0.05, 0.1) is 6.61 Å². The van der Waals surface area contributed by atoms with Crippen LogP contribution in [0.4, 0.5) is 4.79 Å². The molecule has 1 rings (SSSR count). The van der Waals surface area contributed by atoms with Gasteiger partial charge >= 0.3 is 6.09 Å². The number of nitrogens with zero attached hydrogens (tertiary/aromatic N) is 2. The Morgan fingerprint density at radius 3 is 3.19 bits per heavy atom. The lowest BCUT2D eigenvalue weighted by Crippen LogP contribution is -2.40. The van der Waals surface area contributed by atoms with Crippen LogP contribution in [0.3, 0.4) is 0 Å². The Labute approximate surface area is 96.1 Å². The second-order valence-electron chi connectivity index (χ2n) is 4.08. The molecular weight excluding hydrogens is 208 g/mol. The molecule has 0 aromatic heterocycles. The maximum Gasteiger partial charge on any atom is 0.409 e. The van der Waals surface area contributed by atoms with Crippen LogP contribution in [-0.2, 0) is 4.74 Å². The molecule has 1 N–H and O–H groups in total. The van der Waals surface area contributed by atoms with E-state index in [0.717, 1.165) is 32.2 Å². The monoisotopic (exact) mass is 228 g/mol. The van der Waals surface area contributed by atoms with Crippen LogP contribution in [-0.4, -0.2) is 42.1 Å². The van der Waals surface area contributed by atoms with Crippen molar-refractivity contribution in [3.05, 3.63) is 0 Å². The predicted molar refractivity (Wildman–Crippen MR) is 60.8 cm³/mol. The Hall–Kier alpha value is -1.26. The van der Waals surface area contributed by atoms with Gasteiger partial charge in [0.25, 0.3) is 0 Å². The van der Waals surface area contributed by atoms with Crippen molar-refractivity contribution < 1.29 is 14.7 Å². The van der Waals surface area contributed by atoms with E-state index in [2.05, 4.69) is 12.1 Å². The van der Waals surface area contributed by atoms with Crippen LogP contribution in [0.1, 0.15) is 32.6 Å². The number of rotatable bonds is 4. The van der Waals surface area contributed by atoms with E-state index in [-0.39, 0.29) is 12.0 Å². The molecular formula is C11H20N2O3. The molecule has 5 nitrogen and oxygen atoms in total. The Bertz CT molecular complexity index is 243. The largest absolute Gasteiger partial charge is 0.449 e. The van der Waals surface area contributed by atoms with E-state index in [0.29, 0.717) is 13.2 Å². The lowest BCUT2D eigenvalue weighted by atomic mass is 10.00. The highest BCUT2D eigenvalue weighted by Crippen LogP contribution is 2.15. The minimum atomic E-state index is -0.246. The highest BCUT2D eigenvalue weighted by Gasteiger charge is 2.23. The SMILES string of the molecule is CCCCOC(=O)N1CCCC(C=NO)C1. The van der Waals surface area contributed by atoms with Crippen LogP contribution < -0.4 is 0 Å². The Kier molecular flexibility index (Phi) is 5.67. The zero-order valence-corrected chi connectivity index (χ0v) is 9.76. The summed E-state index contributed by atoms with van der Waals surface area (Å²) in [6, 6.07) is 0. The highest BCUT2D eigenvalue weighted by atomic mass is 16.6. The van der Waals surface area contributed by atoms with Crippen LogP contribution in [0.5, 0.6) is 0 Å². The van der Waals surface area contributed by atoms with Crippen molar-refractivity contribution in [2.24, 2.45) is 11.1 Å². The van der Waals surface area contributed by atoms with Gasteiger partial charge in [-0.3, -0.25) is 0 Å². The van der Waals surface area contributed by atoms with Gasteiger partial charge in [0.2, 0.25) is 0 Å². The summed E-state index contributed by atoms with van der Waals surface area (Å²) in [5.74, 6) is 0.150. The van der Waals surface area contributed by atoms with Crippen molar-refractivity contribution in [2.45, 2.75) is 32.6 Å². The third-order valence-corrected chi connectivity index (χ3v) is 2.72. The Morgan fingerprint density at radius 1 is 1.69 bits per heavy atom. The van der Waals surface area contributed by atoms with Gasteiger partial charge < -0.3 is 14.8 Å². The Balaban J connectivity index is 2.32. The minimum Gasteiger partial charge on any atom is -0.449 e. The number of hydrogen-bond donors (Lipinski definition) is 1. The first-order chi connectivity index (χ1) is 7.77. The molecule has 1 heterocycles. The molecule has 1 fully saturated rings. The summed E-state index contributed by atoms with van der Waals surface area (Å²) in [4.78, 5) is 13.3. The van der Waals surface area contributed by atoms with E-state index in [9.17, 15) is 4.79 Å². The maximum atomic E-state index is 11.6. The van der Waals surface area contributed by atoms with E-state index >= 15 is 0 Å². The first kappa shape index (κ1) is 12.8.